The van der Waals surface area contributed by atoms with Crippen molar-refractivity contribution in [2.45, 2.75) is 19.4 Å². The van der Waals surface area contributed by atoms with Crippen LogP contribution >= 0.6 is 11.6 Å². The van der Waals surface area contributed by atoms with Crippen LogP contribution in [0, 0.1) is 5.82 Å². The van der Waals surface area contributed by atoms with E-state index in [1.54, 1.807) is 6.92 Å². The zero-order valence-electron chi connectivity index (χ0n) is 9.86. The Labute approximate surface area is 109 Å². The molecule has 0 amide bonds. The Balaban J connectivity index is 2.47. The van der Waals surface area contributed by atoms with Crippen molar-refractivity contribution < 1.29 is 23.8 Å². The summed E-state index contributed by atoms with van der Waals surface area (Å²) in [7, 11) is 0. The molecule has 0 aliphatic heterocycles. The Kier molecular flexibility index (Phi) is 5.88. The number of carboxylic acids is 1. The van der Waals surface area contributed by atoms with Crippen molar-refractivity contribution >= 4 is 17.6 Å². The van der Waals surface area contributed by atoms with E-state index in [1.807, 2.05) is 0 Å². The second-order valence-electron chi connectivity index (χ2n) is 3.49. The Morgan fingerprint density at radius 1 is 1.56 bits per heavy atom. The van der Waals surface area contributed by atoms with Crippen molar-refractivity contribution in [2.24, 2.45) is 0 Å². The van der Waals surface area contributed by atoms with Gasteiger partial charge < -0.3 is 14.6 Å². The molecule has 1 rings (SSSR count). The van der Waals surface area contributed by atoms with Gasteiger partial charge in [0.2, 0.25) is 0 Å². The second-order valence-corrected chi connectivity index (χ2v) is 3.93. The summed E-state index contributed by atoms with van der Waals surface area (Å²) in [5, 5.41) is 9.10. The van der Waals surface area contributed by atoms with Crippen molar-refractivity contribution in [3.05, 3.63) is 29.0 Å². The predicted molar refractivity (Wildman–Crippen MR) is 64.6 cm³/mol. The quantitative estimate of drug-likeness (QED) is 0.832. The SMILES string of the molecule is CCOC(CCOc1ccc(Cl)cc1F)C(=O)O. The molecule has 0 saturated carbocycles. The number of aliphatic carboxylic acids is 1. The average molecular weight is 277 g/mol. The summed E-state index contributed by atoms with van der Waals surface area (Å²) >= 11 is 5.59. The molecule has 1 atom stereocenters. The van der Waals surface area contributed by atoms with Gasteiger partial charge in [0, 0.05) is 18.1 Å². The highest BCUT2D eigenvalue weighted by molar-refractivity contribution is 6.30. The molecule has 0 bridgehead atoms. The first-order valence-corrected chi connectivity index (χ1v) is 5.84. The average Bonchev–Trinajstić information content (AvgIpc) is 2.30. The lowest BCUT2D eigenvalue weighted by Gasteiger charge is -2.13. The van der Waals surface area contributed by atoms with E-state index in [0.29, 0.717) is 6.61 Å². The topological polar surface area (TPSA) is 55.8 Å². The highest BCUT2D eigenvalue weighted by Crippen LogP contribution is 2.21. The molecule has 0 spiro atoms. The van der Waals surface area contributed by atoms with Crippen LogP contribution in [0.3, 0.4) is 0 Å². The highest BCUT2D eigenvalue weighted by atomic mass is 35.5. The largest absolute Gasteiger partial charge is 0.490 e. The fraction of sp³-hybridized carbons (Fsp3) is 0.417. The minimum absolute atomic E-state index is 0.0417. The number of hydrogen-bond acceptors (Lipinski definition) is 3. The number of hydrogen-bond donors (Lipinski definition) is 1. The van der Waals surface area contributed by atoms with Gasteiger partial charge in [-0.05, 0) is 25.1 Å². The summed E-state index contributed by atoms with van der Waals surface area (Å²) in [4.78, 5) is 10.8. The van der Waals surface area contributed by atoms with Crippen LogP contribution in [-0.4, -0.2) is 30.4 Å². The van der Waals surface area contributed by atoms with Gasteiger partial charge in [0.1, 0.15) is 0 Å². The first kappa shape index (κ1) is 14.7. The van der Waals surface area contributed by atoms with E-state index >= 15 is 0 Å². The fourth-order valence-electron chi connectivity index (χ4n) is 1.35. The lowest BCUT2D eigenvalue weighted by Crippen LogP contribution is -2.26. The minimum Gasteiger partial charge on any atom is -0.490 e. The molecule has 4 nitrogen and oxygen atoms in total. The maximum Gasteiger partial charge on any atom is 0.332 e. The summed E-state index contributed by atoms with van der Waals surface area (Å²) in [5.41, 5.74) is 0. The van der Waals surface area contributed by atoms with Gasteiger partial charge in [-0.2, -0.15) is 0 Å². The summed E-state index contributed by atoms with van der Waals surface area (Å²) < 4.78 is 23.5. The molecule has 6 heteroatoms. The second kappa shape index (κ2) is 7.18. The molecule has 100 valence electrons. The smallest absolute Gasteiger partial charge is 0.332 e. The molecule has 18 heavy (non-hydrogen) atoms. The first-order chi connectivity index (χ1) is 8.54. The van der Waals surface area contributed by atoms with Gasteiger partial charge in [0.05, 0.1) is 6.61 Å². The molecule has 0 saturated heterocycles. The van der Waals surface area contributed by atoms with E-state index in [-0.39, 0.29) is 23.8 Å². The maximum atomic E-state index is 13.3. The number of rotatable bonds is 7. The van der Waals surface area contributed by atoms with Crippen LogP contribution in [0.1, 0.15) is 13.3 Å². The van der Waals surface area contributed by atoms with Crippen LogP contribution < -0.4 is 4.74 Å². The van der Waals surface area contributed by atoms with Crippen LogP contribution in [-0.2, 0) is 9.53 Å². The van der Waals surface area contributed by atoms with Crippen LogP contribution in [0.15, 0.2) is 18.2 Å². The maximum absolute atomic E-state index is 13.3. The number of carboxylic acid groups (broad SMARTS) is 1. The van der Waals surface area contributed by atoms with E-state index in [2.05, 4.69) is 0 Å². The van der Waals surface area contributed by atoms with Crippen LogP contribution in [0.25, 0.3) is 0 Å². The van der Waals surface area contributed by atoms with Crippen LogP contribution in [0.5, 0.6) is 5.75 Å². The van der Waals surface area contributed by atoms with Gasteiger partial charge in [-0.25, -0.2) is 9.18 Å². The van der Waals surface area contributed by atoms with E-state index in [0.717, 1.165) is 6.07 Å². The van der Waals surface area contributed by atoms with Crippen molar-refractivity contribution in [3.8, 4) is 5.75 Å². The molecule has 0 aromatic heterocycles. The van der Waals surface area contributed by atoms with E-state index in [1.165, 1.54) is 12.1 Å². The van der Waals surface area contributed by atoms with E-state index < -0.39 is 17.9 Å². The van der Waals surface area contributed by atoms with Crippen molar-refractivity contribution in [2.75, 3.05) is 13.2 Å². The third-order valence-electron chi connectivity index (χ3n) is 2.17. The van der Waals surface area contributed by atoms with Crippen LogP contribution in [0.2, 0.25) is 5.02 Å². The van der Waals surface area contributed by atoms with Gasteiger partial charge in [-0.1, -0.05) is 11.6 Å². The molecule has 0 aliphatic carbocycles. The summed E-state index contributed by atoms with van der Waals surface area (Å²) in [6.45, 7) is 2.05. The number of carbonyl (C=O) groups is 1. The Morgan fingerprint density at radius 2 is 2.28 bits per heavy atom. The van der Waals surface area contributed by atoms with E-state index in [4.69, 9.17) is 26.2 Å². The molecule has 1 N–H and O–H groups in total. The van der Waals surface area contributed by atoms with Crippen molar-refractivity contribution in [3.63, 3.8) is 0 Å². The number of benzene rings is 1. The summed E-state index contributed by atoms with van der Waals surface area (Å²) in [6.07, 6.45) is -0.795. The van der Waals surface area contributed by atoms with Crippen molar-refractivity contribution in [1.29, 1.82) is 0 Å². The molecular formula is C12H14ClFO4. The van der Waals surface area contributed by atoms with Gasteiger partial charge in [0.15, 0.2) is 17.7 Å². The van der Waals surface area contributed by atoms with Crippen LogP contribution in [0.4, 0.5) is 4.39 Å². The monoisotopic (exact) mass is 276 g/mol. The zero-order chi connectivity index (χ0) is 13.5. The Morgan fingerprint density at radius 3 is 2.83 bits per heavy atom. The lowest BCUT2D eigenvalue weighted by atomic mass is 10.2. The Hall–Kier alpha value is -1.33. The molecule has 1 unspecified atom stereocenters. The molecule has 1 aromatic carbocycles. The Bertz CT molecular complexity index is 411. The fourth-order valence-corrected chi connectivity index (χ4v) is 1.51. The molecular weight excluding hydrogens is 263 g/mol. The van der Waals surface area contributed by atoms with Gasteiger partial charge in [-0.3, -0.25) is 0 Å². The number of halogens is 2. The zero-order valence-corrected chi connectivity index (χ0v) is 10.6. The summed E-state index contributed by atoms with van der Waals surface area (Å²) in [6, 6.07) is 4.03. The third kappa shape index (κ3) is 4.50. The molecule has 0 radical (unpaired) electrons. The van der Waals surface area contributed by atoms with E-state index in [9.17, 15) is 9.18 Å². The first-order valence-electron chi connectivity index (χ1n) is 5.46. The van der Waals surface area contributed by atoms with Gasteiger partial charge in [0.25, 0.3) is 0 Å². The normalized spacial score (nSPS) is 12.2. The molecule has 1 aromatic rings. The minimum atomic E-state index is -1.06. The molecule has 0 heterocycles. The summed E-state index contributed by atoms with van der Waals surface area (Å²) in [5.74, 6) is -1.59. The number of ether oxygens (including phenoxy) is 2. The lowest BCUT2D eigenvalue weighted by molar-refractivity contribution is -0.150. The molecule has 0 aliphatic rings. The third-order valence-corrected chi connectivity index (χ3v) is 2.41. The predicted octanol–water partition coefficient (Wildman–Crippen LogP) is 2.74. The highest BCUT2D eigenvalue weighted by Gasteiger charge is 2.17. The standard InChI is InChI=1S/C12H14ClFO4/c1-2-17-11(12(15)16)5-6-18-10-4-3-8(13)7-9(10)14/h3-4,7,11H,2,5-6H2,1H3,(H,15,16). The van der Waals surface area contributed by atoms with Crippen molar-refractivity contribution in [1.82, 2.24) is 0 Å². The van der Waals surface area contributed by atoms with Gasteiger partial charge in [-0.15, -0.1) is 0 Å². The van der Waals surface area contributed by atoms with Gasteiger partial charge >= 0.3 is 5.97 Å². The molecule has 0 fully saturated rings.